The van der Waals surface area contributed by atoms with Gasteiger partial charge in [0.25, 0.3) is 0 Å². The van der Waals surface area contributed by atoms with Crippen molar-refractivity contribution in [1.82, 2.24) is 5.32 Å². The molecule has 10 heteroatoms. The molecule has 0 aliphatic carbocycles. The molecule has 0 radical (unpaired) electrons. The van der Waals surface area contributed by atoms with Crippen LogP contribution >= 0.6 is 23.8 Å². The highest BCUT2D eigenvalue weighted by Gasteiger charge is 2.40. The summed E-state index contributed by atoms with van der Waals surface area (Å²) in [6.07, 6.45) is 21.9. The molecule has 0 aromatic carbocycles. The Labute approximate surface area is 234 Å². The summed E-state index contributed by atoms with van der Waals surface area (Å²) in [5, 5.41) is 3.20. The lowest BCUT2D eigenvalue weighted by Crippen LogP contribution is -2.41. The second kappa shape index (κ2) is 22.6. The molecule has 1 amide bonds. The van der Waals surface area contributed by atoms with Crippen molar-refractivity contribution < 1.29 is 32.8 Å². The molecule has 0 bridgehead atoms. The number of amides is 1. The lowest BCUT2D eigenvalue weighted by molar-refractivity contribution is -0.0740. The van der Waals surface area contributed by atoms with Gasteiger partial charge in [-0.15, -0.1) is 0 Å². The quantitative estimate of drug-likeness (QED) is 0.0609. The molecule has 1 aliphatic heterocycles. The number of unbranched alkanes of at least 4 members (excludes halogenated alkanes) is 15. The van der Waals surface area contributed by atoms with Crippen LogP contribution in [0.3, 0.4) is 0 Å². The standard InChI is InChI=1S/C27H53BrNO7P/c1-2-3-4-5-6-7-8-9-10-11-12-13-14-15-16-17-21-29-26(30)33-24-27(19-18-22-34-27)25-36-37(31,32)35-23-20-28/h2-25H2,1H3,(H,29,30)(H,31,32). The highest BCUT2D eigenvalue weighted by Crippen LogP contribution is 2.45. The van der Waals surface area contributed by atoms with Crippen LogP contribution in [0.5, 0.6) is 0 Å². The maximum atomic E-state index is 12.1. The highest BCUT2D eigenvalue weighted by atomic mass is 79.9. The molecule has 1 rings (SSSR count). The third kappa shape index (κ3) is 19.5. The first kappa shape index (κ1) is 34.8. The van der Waals surface area contributed by atoms with Gasteiger partial charge in [-0.25, -0.2) is 9.36 Å². The van der Waals surface area contributed by atoms with Crippen LogP contribution in [0.2, 0.25) is 0 Å². The summed E-state index contributed by atoms with van der Waals surface area (Å²) in [5.74, 6) is 0. The first-order valence-corrected chi connectivity index (χ1v) is 17.3. The molecule has 2 unspecified atom stereocenters. The summed E-state index contributed by atoms with van der Waals surface area (Å²) in [4.78, 5) is 21.8. The summed E-state index contributed by atoms with van der Waals surface area (Å²) < 4.78 is 32.8. The number of carbonyl (C=O) groups is 1. The van der Waals surface area contributed by atoms with Crippen LogP contribution in [-0.4, -0.2) is 54.9 Å². The van der Waals surface area contributed by atoms with Gasteiger partial charge in [0.05, 0.1) is 13.2 Å². The number of phosphoric acid groups is 1. The van der Waals surface area contributed by atoms with E-state index in [1.54, 1.807) is 0 Å². The Morgan fingerprint density at radius 1 is 0.892 bits per heavy atom. The molecule has 1 saturated heterocycles. The molecule has 0 aromatic rings. The molecule has 0 saturated carbocycles. The van der Waals surface area contributed by atoms with Gasteiger partial charge in [0.15, 0.2) is 0 Å². The predicted octanol–water partition coefficient (Wildman–Crippen LogP) is 8.05. The molecule has 1 heterocycles. The number of hydrogen-bond donors (Lipinski definition) is 2. The van der Waals surface area contributed by atoms with Crippen LogP contribution in [0, 0.1) is 0 Å². The average Bonchev–Trinajstić information content (AvgIpc) is 3.36. The van der Waals surface area contributed by atoms with Gasteiger partial charge >= 0.3 is 13.9 Å². The van der Waals surface area contributed by atoms with Gasteiger partial charge in [-0.3, -0.25) is 9.05 Å². The number of phosphoric ester groups is 1. The fourth-order valence-corrected chi connectivity index (χ4v) is 5.73. The first-order chi connectivity index (χ1) is 17.9. The van der Waals surface area contributed by atoms with Crippen molar-refractivity contribution in [2.24, 2.45) is 0 Å². The van der Waals surface area contributed by atoms with Crippen molar-refractivity contribution in [3.63, 3.8) is 0 Å². The van der Waals surface area contributed by atoms with E-state index >= 15 is 0 Å². The second-order valence-corrected chi connectivity index (χ2v) is 12.5. The van der Waals surface area contributed by atoms with Gasteiger partial charge in [-0.2, -0.15) is 0 Å². The molecular formula is C27H53BrNO7P. The van der Waals surface area contributed by atoms with E-state index in [0.717, 1.165) is 19.3 Å². The SMILES string of the molecule is CCCCCCCCCCCCCCCCCCNC(=O)OCC1(COP(=O)(O)OCCBr)CCCO1. The van der Waals surface area contributed by atoms with Crippen LogP contribution in [-0.2, 0) is 23.1 Å². The third-order valence-electron chi connectivity index (χ3n) is 6.77. The molecule has 37 heavy (non-hydrogen) atoms. The van der Waals surface area contributed by atoms with Gasteiger partial charge in [-0.1, -0.05) is 119 Å². The van der Waals surface area contributed by atoms with Crippen LogP contribution in [0.1, 0.15) is 122 Å². The zero-order valence-electron chi connectivity index (χ0n) is 23.2. The molecule has 8 nitrogen and oxygen atoms in total. The maximum absolute atomic E-state index is 12.1. The van der Waals surface area contributed by atoms with E-state index in [1.165, 1.54) is 89.9 Å². The number of hydrogen-bond acceptors (Lipinski definition) is 6. The topological polar surface area (TPSA) is 103 Å². The van der Waals surface area contributed by atoms with E-state index in [0.29, 0.717) is 24.9 Å². The number of rotatable bonds is 25. The van der Waals surface area contributed by atoms with Crippen molar-refractivity contribution >= 4 is 29.8 Å². The number of alkyl carbamates (subject to hydrolysis) is 1. The maximum Gasteiger partial charge on any atom is 0.472 e. The summed E-state index contributed by atoms with van der Waals surface area (Å²) in [6.45, 7) is 3.19. The normalized spacial score (nSPS) is 19.1. The zero-order chi connectivity index (χ0) is 27.1. The van der Waals surface area contributed by atoms with Gasteiger partial charge in [0.2, 0.25) is 0 Å². The minimum Gasteiger partial charge on any atom is -0.446 e. The average molecular weight is 615 g/mol. The van der Waals surface area contributed by atoms with Gasteiger partial charge < -0.3 is 19.7 Å². The fraction of sp³-hybridized carbons (Fsp3) is 0.963. The summed E-state index contributed by atoms with van der Waals surface area (Å²) in [6, 6.07) is 0. The Morgan fingerprint density at radius 2 is 1.43 bits per heavy atom. The van der Waals surface area contributed by atoms with E-state index in [-0.39, 0.29) is 19.8 Å². The van der Waals surface area contributed by atoms with Crippen molar-refractivity contribution in [3.05, 3.63) is 0 Å². The van der Waals surface area contributed by atoms with E-state index in [9.17, 15) is 14.3 Å². The third-order valence-corrected chi connectivity index (χ3v) is 8.06. The lowest BCUT2D eigenvalue weighted by Gasteiger charge is -2.28. The molecule has 220 valence electrons. The summed E-state index contributed by atoms with van der Waals surface area (Å²) in [5.41, 5.74) is -0.915. The van der Waals surface area contributed by atoms with Gasteiger partial charge in [-0.05, 0) is 19.3 Å². The van der Waals surface area contributed by atoms with E-state index < -0.39 is 19.5 Å². The monoisotopic (exact) mass is 613 g/mol. The highest BCUT2D eigenvalue weighted by molar-refractivity contribution is 9.09. The number of carbonyl (C=O) groups excluding carboxylic acids is 1. The Hall–Kier alpha value is -0.180. The predicted molar refractivity (Wildman–Crippen MR) is 152 cm³/mol. The Morgan fingerprint density at radius 3 is 1.92 bits per heavy atom. The Kier molecular flexibility index (Phi) is 21.3. The van der Waals surface area contributed by atoms with Crippen molar-refractivity contribution in [2.75, 3.05) is 38.3 Å². The lowest BCUT2D eigenvalue weighted by atomic mass is 10.0. The van der Waals surface area contributed by atoms with Crippen molar-refractivity contribution in [3.8, 4) is 0 Å². The van der Waals surface area contributed by atoms with Gasteiger partial charge in [0, 0.05) is 18.5 Å². The minimum atomic E-state index is -4.17. The number of nitrogens with one attached hydrogen (secondary N) is 1. The number of ether oxygens (including phenoxy) is 2. The van der Waals surface area contributed by atoms with Crippen LogP contribution < -0.4 is 5.32 Å². The van der Waals surface area contributed by atoms with Crippen molar-refractivity contribution in [2.45, 2.75) is 128 Å². The molecule has 0 aromatic heterocycles. The zero-order valence-corrected chi connectivity index (χ0v) is 25.7. The largest absolute Gasteiger partial charge is 0.472 e. The van der Waals surface area contributed by atoms with Crippen LogP contribution in [0.25, 0.3) is 0 Å². The first-order valence-electron chi connectivity index (χ1n) is 14.7. The van der Waals surface area contributed by atoms with Crippen LogP contribution in [0.4, 0.5) is 4.79 Å². The number of alkyl halides is 1. The smallest absolute Gasteiger partial charge is 0.446 e. The summed E-state index contributed by atoms with van der Waals surface area (Å²) >= 11 is 3.13. The van der Waals surface area contributed by atoms with E-state index in [1.807, 2.05) is 0 Å². The number of halogens is 1. The molecular weight excluding hydrogens is 561 g/mol. The fourth-order valence-electron chi connectivity index (χ4n) is 4.52. The van der Waals surface area contributed by atoms with E-state index in [2.05, 4.69) is 28.2 Å². The van der Waals surface area contributed by atoms with Crippen molar-refractivity contribution in [1.29, 1.82) is 0 Å². The molecule has 1 aliphatic rings. The summed E-state index contributed by atoms with van der Waals surface area (Å²) in [7, 11) is -4.17. The molecule has 2 N–H and O–H groups in total. The minimum absolute atomic E-state index is 0.0315. The molecule has 0 spiro atoms. The Bertz CT molecular complexity index is 605. The van der Waals surface area contributed by atoms with Gasteiger partial charge in [0.1, 0.15) is 12.2 Å². The molecule has 2 atom stereocenters. The molecule has 1 fully saturated rings. The second-order valence-electron chi connectivity index (χ2n) is 10.2. The Balaban J connectivity index is 1.97. The van der Waals surface area contributed by atoms with Crippen LogP contribution in [0.15, 0.2) is 0 Å². The van der Waals surface area contributed by atoms with E-state index in [4.69, 9.17) is 18.5 Å².